The third-order valence-electron chi connectivity index (χ3n) is 3.85. The lowest BCUT2D eigenvalue weighted by atomic mass is 9.90. The predicted molar refractivity (Wildman–Crippen MR) is 74.7 cm³/mol. The molecule has 1 N–H and O–H groups in total. The van der Waals surface area contributed by atoms with Crippen molar-refractivity contribution in [1.29, 1.82) is 0 Å². The zero-order valence-electron chi connectivity index (χ0n) is 11.6. The van der Waals surface area contributed by atoms with Gasteiger partial charge in [0.2, 0.25) is 5.91 Å². The number of amides is 1. The fourth-order valence-electron chi connectivity index (χ4n) is 2.84. The molecule has 1 aromatic rings. The van der Waals surface area contributed by atoms with Crippen LogP contribution in [0.1, 0.15) is 32.6 Å². The Morgan fingerprint density at radius 3 is 2.63 bits per heavy atom. The number of likely N-dealkylation sites (N-methyl/N-ethyl adjacent to an activating group) is 1. The third-order valence-corrected chi connectivity index (χ3v) is 3.85. The van der Waals surface area contributed by atoms with E-state index < -0.39 is 5.54 Å². The van der Waals surface area contributed by atoms with Gasteiger partial charge >= 0.3 is 0 Å². The SMILES string of the molecule is CCCC1(C(=O)N(C)c2ccc(F)cc2)CCCN1. The second-order valence-electron chi connectivity index (χ2n) is 5.20. The first-order valence-electron chi connectivity index (χ1n) is 6.88. The summed E-state index contributed by atoms with van der Waals surface area (Å²) in [6, 6.07) is 6.05. The summed E-state index contributed by atoms with van der Waals surface area (Å²) >= 11 is 0. The average molecular weight is 264 g/mol. The lowest BCUT2D eigenvalue weighted by Crippen LogP contribution is -2.54. The maximum Gasteiger partial charge on any atom is 0.247 e. The van der Waals surface area contributed by atoms with E-state index in [2.05, 4.69) is 12.2 Å². The molecule has 1 heterocycles. The van der Waals surface area contributed by atoms with Gasteiger partial charge in [-0.05, 0) is 50.1 Å². The number of nitrogens with one attached hydrogen (secondary N) is 1. The van der Waals surface area contributed by atoms with Crippen molar-refractivity contribution < 1.29 is 9.18 Å². The monoisotopic (exact) mass is 264 g/mol. The van der Waals surface area contributed by atoms with E-state index in [1.165, 1.54) is 12.1 Å². The first-order valence-corrected chi connectivity index (χ1v) is 6.88. The summed E-state index contributed by atoms with van der Waals surface area (Å²) in [7, 11) is 1.76. The molecule has 4 heteroatoms. The molecule has 1 atom stereocenters. The van der Waals surface area contributed by atoms with Gasteiger partial charge in [-0.3, -0.25) is 4.79 Å². The van der Waals surface area contributed by atoms with Crippen molar-refractivity contribution >= 4 is 11.6 Å². The molecular weight excluding hydrogens is 243 g/mol. The van der Waals surface area contributed by atoms with Crippen molar-refractivity contribution in [2.75, 3.05) is 18.5 Å². The van der Waals surface area contributed by atoms with Crippen LogP contribution in [0.2, 0.25) is 0 Å². The Morgan fingerprint density at radius 1 is 1.42 bits per heavy atom. The number of rotatable bonds is 4. The van der Waals surface area contributed by atoms with Crippen molar-refractivity contribution in [2.24, 2.45) is 0 Å². The number of carbonyl (C=O) groups excluding carboxylic acids is 1. The molecule has 1 amide bonds. The van der Waals surface area contributed by atoms with E-state index in [1.54, 1.807) is 24.1 Å². The molecule has 1 unspecified atom stereocenters. The average Bonchev–Trinajstić information content (AvgIpc) is 2.88. The lowest BCUT2D eigenvalue weighted by Gasteiger charge is -2.32. The number of carbonyl (C=O) groups is 1. The van der Waals surface area contributed by atoms with Crippen LogP contribution < -0.4 is 10.2 Å². The van der Waals surface area contributed by atoms with E-state index in [0.29, 0.717) is 0 Å². The van der Waals surface area contributed by atoms with Crippen LogP contribution >= 0.6 is 0 Å². The summed E-state index contributed by atoms with van der Waals surface area (Å²) in [5.41, 5.74) is 0.299. The summed E-state index contributed by atoms with van der Waals surface area (Å²) in [6.07, 6.45) is 3.72. The molecule has 104 valence electrons. The van der Waals surface area contributed by atoms with E-state index in [-0.39, 0.29) is 11.7 Å². The van der Waals surface area contributed by atoms with Gasteiger partial charge < -0.3 is 10.2 Å². The first kappa shape index (κ1) is 14.0. The molecule has 1 aliphatic rings. The molecule has 19 heavy (non-hydrogen) atoms. The predicted octanol–water partition coefficient (Wildman–Crippen LogP) is 2.71. The maximum absolute atomic E-state index is 12.9. The summed E-state index contributed by atoms with van der Waals surface area (Å²) in [4.78, 5) is 14.3. The van der Waals surface area contributed by atoms with Crippen LogP contribution in [0, 0.1) is 5.82 Å². The first-order chi connectivity index (χ1) is 9.09. The van der Waals surface area contributed by atoms with E-state index in [1.807, 2.05) is 0 Å². The van der Waals surface area contributed by atoms with Crippen molar-refractivity contribution in [3.05, 3.63) is 30.1 Å². The molecule has 0 saturated carbocycles. The van der Waals surface area contributed by atoms with E-state index >= 15 is 0 Å². The normalized spacial score (nSPS) is 22.5. The van der Waals surface area contributed by atoms with Crippen molar-refractivity contribution in [3.8, 4) is 0 Å². The largest absolute Gasteiger partial charge is 0.314 e. The van der Waals surface area contributed by atoms with Crippen LogP contribution in [-0.4, -0.2) is 25.0 Å². The third kappa shape index (κ3) is 2.78. The second-order valence-corrected chi connectivity index (χ2v) is 5.20. The van der Waals surface area contributed by atoms with E-state index in [4.69, 9.17) is 0 Å². The quantitative estimate of drug-likeness (QED) is 0.907. The molecule has 1 fully saturated rings. The van der Waals surface area contributed by atoms with Gasteiger partial charge in [0.25, 0.3) is 0 Å². The van der Waals surface area contributed by atoms with Crippen LogP contribution in [0.3, 0.4) is 0 Å². The highest BCUT2D eigenvalue weighted by atomic mass is 19.1. The fraction of sp³-hybridized carbons (Fsp3) is 0.533. The van der Waals surface area contributed by atoms with Crippen LogP contribution in [0.4, 0.5) is 10.1 Å². The molecule has 0 spiro atoms. The highest BCUT2D eigenvalue weighted by Crippen LogP contribution is 2.28. The molecule has 0 aliphatic carbocycles. The molecule has 1 aromatic carbocycles. The van der Waals surface area contributed by atoms with Crippen LogP contribution in [0.15, 0.2) is 24.3 Å². The number of hydrogen-bond acceptors (Lipinski definition) is 2. The Kier molecular flexibility index (Phi) is 4.20. The zero-order valence-corrected chi connectivity index (χ0v) is 11.6. The Balaban J connectivity index is 2.19. The number of anilines is 1. The van der Waals surface area contributed by atoms with E-state index in [9.17, 15) is 9.18 Å². The van der Waals surface area contributed by atoms with Gasteiger partial charge in [0, 0.05) is 12.7 Å². The fourth-order valence-corrected chi connectivity index (χ4v) is 2.84. The minimum atomic E-state index is -0.433. The summed E-state index contributed by atoms with van der Waals surface area (Å²) in [5.74, 6) is -0.203. The summed E-state index contributed by atoms with van der Waals surface area (Å²) < 4.78 is 12.9. The highest BCUT2D eigenvalue weighted by molar-refractivity contribution is 6.00. The van der Waals surface area contributed by atoms with Crippen molar-refractivity contribution in [2.45, 2.75) is 38.1 Å². The van der Waals surface area contributed by atoms with E-state index in [0.717, 1.165) is 37.9 Å². The lowest BCUT2D eigenvalue weighted by molar-refractivity contribution is -0.124. The molecule has 0 bridgehead atoms. The Labute approximate surface area is 113 Å². The smallest absolute Gasteiger partial charge is 0.247 e. The molecule has 1 aliphatic heterocycles. The van der Waals surface area contributed by atoms with Crippen molar-refractivity contribution in [3.63, 3.8) is 0 Å². The number of halogens is 1. The number of hydrogen-bond donors (Lipinski definition) is 1. The van der Waals surface area contributed by atoms with Gasteiger partial charge in [-0.2, -0.15) is 0 Å². The van der Waals surface area contributed by atoms with Gasteiger partial charge in [-0.15, -0.1) is 0 Å². The zero-order chi connectivity index (χ0) is 13.9. The Hall–Kier alpha value is -1.42. The second kappa shape index (κ2) is 5.70. The standard InChI is InChI=1S/C15H21FN2O/c1-3-9-15(10-4-11-17-15)14(19)18(2)13-7-5-12(16)6-8-13/h5-8,17H,3-4,9-11H2,1-2H3. The molecule has 3 nitrogen and oxygen atoms in total. The minimum absolute atomic E-state index is 0.0819. The maximum atomic E-state index is 12.9. The van der Waals surface area contributed by atoms with Gasteiger partial charge in [0.15, 0.2) is 0 Å². The number of benzene rings is 1. The van der Waals surface area contributed by atoms with Gasteiger partial charge in [0.05, 0.1) is 5.54 Å². The summed E-state index contributed by atoms with van der Waals surface area (Å²) in [5, 5.41) is 3.37. The Bertz CT molecular complexity index is 438. The minimum Gasteiger partial charge on any atom is -0.314 e. The molecule has 1 saturated heterocycles. The van der Waals surface area contributed by atoms with Gasteiger partial charge in [0.1, 0.15) is 5.82 Å². The van der Waals surface area contributed by atoms with Crippen LogP contribution in [0.5, 0.6) is 0 Å². The molecule has 2 rings (SSSR count). The van der Waals surface area contributed by atoms with Gasteiger partial charge in [-0.25, -0.2) is 4.39 Å². The highest BCUT2D eigenvalue weighted by Gasteiger charge is 2.41. The van der Waals surface area contributed by atoms with Crippen LogP contribution in [-0.2, 0) is 4.79 Å². The molecule has 0 aromatic heterocycles. The Morgan fingerprint density at radius 2 is 2.11 bits per heavy atom. The topological polar surface area (TPSA) is 32.3 Å². The van der Waals surface area contributed by atoms with Crippen molar-refractivity contribution in [1.82, 2.24) is 5.32 Å². The van der Waals surface area contributed by atoms with Crippen LogP contribution in [0.25, 0.3) is 0 Å². The van der Waals surface area contributed by atoms with Gasteiger partial charge in [-0.1, -0.05) is 13.3 Å². The number of nitrogens with zero attached hydrogens (tertiary/aromatic N) is 1. The molecular formula is C15H21FN2O. The summed E-state index contributed by atoms with van der Waals surface area (Å²) in [6.45, 7) is 2.98. The molecule has 0 radical (unpaired) electrons.